The molecule has 0 spiro atoms. The van der Waals surface area contributed by atoms with Gasteiger partial charge in [-0.15, -0.1) is 0 Å². The SMILES string of the molecule is CCCCCCCCCCCCCC(=O)O[C@H](COC(=O)CCCCCCCCC(C)CC)COP(=O)(O)OC[C@H](O)COP(=O)(O)OC[C@@H](COC(=O)CCCCCCCCCCCCC(C)CC)OC(=O)CCCCCCCCCCCCCCCCC(C)C. The maximum absolute atomic E-state index is 13.1. The van der Waals surface area contributed by atoms with E-state index in [-0.39, 0.29) is 25.7 Å². The minimum absolute atomic E-state index is 0.106. The number of rotatable bonds is 71. The van der Waals surface area contributed by atoms with Gasteiger partial charge in [-0.2, -0.15) is 0 Å². The number of aliphatic hydroxyl groups is 1. The largest absolute Gasteiger partial charge is 0.472 e. The molecule has 19 heteroatoms. The molecule has 0 aliphatic heterocycles. The average molecular weight is 1350 g/mol. The number of unbranched alkanes of at least 4 members (excludes halogenated alkanes) is 37. The van der Waals surface area contributed by atoms with E-state index in [4.69, 9.17) is 37.0 Å². The van der Waals surface area contributed by atoms with Crippen LogP contribution in [-0.2, 0) is 65.4 Å². The molecule has 4 unspecified atom stereocenters. The smallest absolute Gasteiger partial charge is 0.462 e. The number of esters is 4. The fourth-order valence-corrected chi connectivity index (χ4v) is 12.6. The number of carbonyl (C=O) groups is 4. The summed E-state index contributed by atoms with van der Waals surface area (Å²) >= 11 is 0. The molecule has 0 aliphatic carbocycles. The van der Waals surface area contributed by atoms with E-state index in [2.05, 4.69) is 48.5 Å². The summed E-state index contributed by atoms with van der Waals surface area (Å²) in [5.41, 5.74) is 0. The van der Waals surface area contributed by atoms with Crippen molar-refractivity contribution in [3.05, 3.63) is 0 Å². The van der Waals surface area contributed by atoms with Crippen molar-refractivity contribution in [2.45, 2.75) is 388 Å². The summed E-state index contributed by atoms with van der Waals surface area (Å²) < 4.78 is 68.4. The number of ether oxygens (including phenoxy) is 4. The quantitative estimate of drug-likeness (QED) is 0.0222. The lowest BCUT2D eigenvalue weighted by molar-refractivity contribution is -0.161. The second-order valence-corrected chi connectivity index (χ2v) is 30.2. The summed E-state index contributed by atoms with van der Waals surface area (Å²) in [5.74, 6) is 0.214. The van der Waals surface area contributed by atoms with Crippen molar-refractivity contribution in [3.8, 4) is 0 Å². The Morgan fingerprint density at radius 1 is 0.315 bits per heavy atom. The van der Waals surface area contributed by atoms with Crippen LogP contribution in [0.15, 0.2) is 0 Å². The van der Waals surface area contributed by atoms with Gasteiger partial charge in [-0.25, -0.2) is 9.13 Å². The van der Waals surface area contributed by atoms with E-state index in [1.807, 2.05) is 0 Å². The molecular formula is C73H142O17P2. The third kappa shape index (κ3) is 64.1. The van der Waals surface area contributed by atoms with Crippen LogP contribution in [0.4, 0.5) is 0 Å². The van der Waals surface area contributed by atoms with Crippen LogP contribution in [0.5, 0.6) is 0 Å². The molecule has 0 saturated heterocycles. The van der Waals surface area contributed by atoms with Gasteiger partial charge < -0.3 is 33.8 Å². The molecule has 0 rings (SSSR count). The van der Waals surface area contributed by atoms with E-state index in [0.29, 0.717) is 25.7 Å². The van der Waals surface area contributed by atoms with E-state index in [0.717, 1.165) is 114 Å². The molecule has 0 aliphatic rings. The normalized spacial score (nSPS) is 14.7. The lowest BCUT2D eigenvalue weighted by Crippen LogP contribution is -2.30. The van der Waals surface area contributed by atoms with Crippen molar-refractivity contribution >= 4 is 39.5 Å². The summed E-state index contributed by atoms with van der Waals surface area (Å²) in [5, 5.41) is 10.6. The Labute approximate surface area is 562 Å². The highest BCUT2D eigenvalue weighted by molar-refractivity contribution is 7.47. The van der Waals surface area contributed by atoms with Crippen LogP contribution in [0.1, 0.15) is 370 Å². The molecule has 0 aromatic rings. The standard InChI is InChI=1S/C73H142O17P2/c1-8-11-12-13-14-15-20-28-33-42-49-56-72(77)90-69(61-84-71(76)55-48-41-36-35-39-46-53-66(7)10-3)63-88-92(81,82)86-59-67(74)58-85-91(79,80)87-62-68(60-83-70(75)54-47-40-32-27-24-23-26-31-38-45-52-65(6)9-2)89-73(78)57-50-43-34-29-22-19-17-16-18-21-25-30-37-44-51-64(4)5/h64-69,74H,8-63H2,1-7H3,(H,79,80)(H,81,82)/t65?,66?,67-,68-,69-/m1/s1. The van der Waals surface area contributed by atoms with Crippen LogP contribution in [0.3, 0.4) is 0 Å². The monoisotopic (exact) mass is 1350 g/mol. The summed E-state index contributed by atoms with van der Waals surface area (Å²) in [4.78, 5) is 72.7. The first-order valence-electron chi connectivity index (χ1n) is 37.9. The van der Waals surface area contributed by atoms with E-state index in [9.17, 15) is 43.2 Å². The van der Waals surface area contributed by atoms with Crippen molar-refractivity contribution < 1.29 is 80.2 Å². The van der Waals surface area contributed by atoms with Crippen LogP contribution in [0, 0.1) is 17.8 Å². The summed E-state index contributed by atoms with van der Waals surface area (Å²) in [7, 11) is -9.91. The van der Waals surface area contributed by atoms with Gasteiger partial charge in [0.1, 0.15) is 19.3 Å². The Morgan fingerprint density at radius 3 is 0.826 bits per heavy atom. The van der Waals surface area contributed by atoms with Crippen molar-refractivity contribution in [3.63, 3.8) is 0 Å². The first-order chi connectivity index (χ1) is 44.3. The van der Waals surface area contributed by atoms with Gasteiger partial charge in [-0.05, 0) is 43.4 Å². The molecule has 0 fully saturated rings. The Bertz CT molecular complexity index is 1810. The number of phosphoric acid groups is 2. The van der Waals surface area contributed by atoms with E-state index in [1.54, 1.807) is 0 Å². The average Bonchev–Trinajstić information content (AvgIpc) is 1.78. The van der Waals surface area contributed by atoms with Crippen LogP contribution in [-0.4, -0.2) is 96.7 Å². The highest BCUT2D eigenvalue weighted by Gasteiger charge is 2.30. The molecule has 0 aromatic heterocycles. The molecule has 0 heterocycles. The van der Waals surface area contributed by atoms with Gasteiger partial charge in [0.05, 0.1) is 26.4 Å². The molecular weight excluding hydrogens is 1210 g/mol. The van der Waals surface area contributed by atoms with E-state index in [1.165, 1.54) is 173 Å². The maximum atomic E-state index is 13.1. The van der Waals surface area contributed by atoms with Gasteiger partial charge in [0, 0.05) is 25.7 Å². The zero-order valence-corrected chi connectivity index (χ0v) is 61.8. The Hall–Kier alpha value is -1.94. The predicted octanol–water partition coefficient (Wildman–Crippen LogP) is 21.0. The number of hydrogen-bond donors (Lipinski definition) is 3. The predicted molar refractivity (Wildman–Crippen MR) is 372 cm³/mol. The first-order valence-corrected chi connectivity index (χ1v) is 40.9. The fraction of sp³-hybridized carbons (Fsp3) is 0.945. The number of phosphoric ester groups is 2. The topological polar surface area (TPSA) is 237 Å². The molecule has 7 atom stereocenters. The van der Waals surface area contributed by atoms with E-state index < -0.39 is 97.5 Å². The molecule has 0 radical (unpaired) electrons. The Balaban J connectivity index is 5.25. The number of carbonyl (C=O) groups excluding carboxylic acids is 4. The van der Waals surface area contributed by atoms with Gasteiger partial charge >= 0.3 is 39.5 Å². The third-order valence-corrected chi connectivity index (χ3v) is 19.5. The fourth-order valence-electron chi connectivity index (χ4n) is 11.0. The molecule has 546 valence electrons. The zero-order valence-electron chi connectivity index (χ0n) is 60.0. The highest BCUT2D eigenvalue weighted by Crippen LogP contribution is 2.45. The lowest BCUT2D eigenvalue weighted by atomic mass is 9.99. The minimum Gasteiger partial charge on any atom is -0.462 e. The van der Waals surface area contributed by atoms with Crippen molar-refractivity contribution in [1.82, 2.24) is 0 Å². The van der Waals surface area contributed by atoms with Gasteiger partial charge in [0.25, 0.3) is 0 Å². The molecule has 0 amide bonds. The molecule has 0 bridgehead atoms. The van der Waals surface area contributed by atoms with Crippen LogP contribution >= 0.6 is 15.6 Å². The summed E-state index contributed by atoms with van der Waals surface area (Å²) in [6.45, 7) is 11.9. The second kappa shape index (κ2) is 63.8. The van der Waals surface area contributed by atoms with Crippen molar-refractivity contribution in [2.75, 3.05) is 39.6 Å². The number of hydrogen-bond acceptors (Lipinski definition) is 15. The van der Waals surface area contributed by atoms with E-state index >= 15 is 0 Å². The zero-order chi connectivity index (χ0) is 68.0. The molecule has 17 nitrogen and oxygen atoms in total. The van der Waals surface area contributed by atoms with Crippen molar-refractivity contribution in [2.24, 2.45) is 17.8 Å². The Morgan fingerprint density at radius 2 is 0.554 bits per heavy atom. The first kappa shape index (κ1) is 90.1. The Kier molecular flexibility index (Phi) is 62.4. The van der Waals surface area contributed by atoms with Crippen LogP contribution in [0.25, 0.3) is 0 Å². The van der Waals surface area contributed by atoms with Crippen LogP contribution in [0.2, 0.25) is 0 Å². The van der Waals surface area contributed by atoms with Crippen LogP contribution < -0.4 is 0 Å². The number of aliphatic hydroxyl groups excluding tert-OH is 1. The van der Waals surface area contributed by atoms with Crippen molar-refractivity contribution in [1.29, 1.82) is 0 Å². The van der Waals surface area contributed by atoms with Gasteiger partial charge in [0.15, 0.2) is 12.2 Å². The third-order valence-electron chi connectivity index (χ3n) is 17.6. The molecule has 92 heavy (non-hydrogen) atoms. The van der Waals surface area contributed by atoms with Gasteiger partial charge in [-0.1, -0.05) is 318 Å². The molecule has 0 saturated carbocycles. The van der Waals surface area contributed by atoms with Gasteiger partial charge in [-0.3, -0.25) is 37.3 Å². The molecule has 0 aromatic carbocycles. The van der Waals surface area contributed by atoms with Gasteiger partial charge in [0.2, 0.25) is 0 Å². The lowest BCUT2D eigenvalue weighted by Gasteiger charge is -2.21. The summed E-state index contributed by atoms with van der Waals surface area (Å²) in [6, 6.07) is 0. The second-order valence-electron chi connectivity index (χ2n) is 27.3. The highest BCUT2D eigenvalue weighted by atomic mass is 31.2. The molecule has 3 N–H and O–H groups in total. The maximum Gasteiger partial charge on any atom is 0.472 e. The minimum atomic E-state index is -4.96. The summed E-state index contributed by atoms with van der Waals surface area (Å²) in [6.07, 6.45) is 48.4.